The number of hydrogen-bond donors (Lipinski definition) is 1. The molecular weight excluding hydrogens is 298 g/mol. The Labute approximate surface area is 132 Å². The second-order valence-corrected chi connectivity index (χ2v) is 5.28. The lowest BCUT2D eigenvalue weighted by molar-refractivity contribution is 1.06. The van der Waals surface area contributed by atoms with E-state index in [-0.39, 0.29) is 0 Å². The van der Waals surface area contributed by atoms with Crippen LogP contribution in [0.3, 0.4) is 0 Å². The number of rotatable bonds is 2. The summed E-state index contributed by atoms with van der Waals surface area (Å²) >= 11 is 6.25. The minimum absolute atomic E-state index is 0.402. The number of hydrogen-bond acceptors (Lipinski definition) is 4. The van der Waals surface area contributed by atoms with Gasteiger partial charge in [-0.2, -0.15) is 5.26 Å². The molecule has 0 atom stereocenters. The summed E-state index contributed by atoms with van der Waals surface area (Å²) in [6.07, 6.45) is 5.01. The van der Waals surface area contributed by atoms with E-state index >= 15 is 0 Å². The van der Waals surface area contributed by atoms with Gasteiger partial charge >= 0.3 is 0 Å². The van der Waals surface area contributed by atoms with Crippen molar-refractivity contribution in [1.29, 1.82) is 5.26 Å². The van der Waals surface area contributed by atoms with Crippen LogP contribution < -0.4 is 5.73 Å². The van der Waals surface area contributed by atoms with Gasteiger partial charge in [0.05, 0.1) is 16.9 Å². The topological polar surface area (TPSA) is 80.5 Å². The lowest BCUT2D eigenvalue weighted by Gasteiger charge is -2.13. The van der Waals surface area contributed by atoms with E-state index in [4.69, 9.17) is 22.6 Å². The minimum atomic E-state index is 0.402. The third-order valence-electron chi connectivity index (χ3n) is 3.41. The van der Waals surface area contributed by atoms with Crippen molar-refractivity contribution in [1.82, 2.24) is 14.5 Å². The van der Waals surface area contributed by atoms with Crippen LogP contribution in [0.2, 0.25) is 5.02 Å². The van der Waals surface area contributed by atoms with Crippen molar-refractivity contribution < 1.29 is 0 Å². The summed E-state index contributed by atoms with van der Waals surface area (Å²) in [5.74, 6) is 0.402. The number of aromatic nitrogens is 3. The van der Waals surface area contributed by atoms with E-state index in [1.165, 1.54) is 6.33 Å². The van der Waals surface area contributed by atoms with Gasteiger partial charge in [0, 0.05) is 29.0 Å². The number of nitrogens with two attached hydrogens (primary N) is 1. The SMILES string of the molecule is Cc1c(-c2cc(N)ncn2)cc(Cl)cc1-n1ccc(C#N)c1. The van der Waals surface area contributed by atoms with Gasteiger partial charge in [0.1, 0.15) is 18.2 Å². The molecule has 6 heteroatoms. The van der Waals surface area contributed by atoms with Crippen molar-refractivity contribution >= 4 is 17.4 Å². The van der Waals surface area contributed by atoms with Gasteiger partial charge in [0.15, 0.2) is 0 Å². The van der Waals surface area contributed by atoms with Crippen molar-refractivity contribution in [3.05, 3.63) is 59.1 Å². The maximum atomic E-state index is 8.96. The highest BCUT2D eigenvalue weighted by Gasteiger charge is 2.12. The molecule has 0 aliphatic carbocycles. The standard InChI is InChI=1S/C16H12ClN5/c1-10-13(14-6-16(19)21-9-20-14)4-12(17)5-15(10)22-3-2-11(7-18)8-22/h2-6,8-9H,1H3,(H2,19,20,21). The molecule has 0 aliphatic heterocycles. The molecule has 0 aliphatic rings. The minimum Gasteiger partial charge on any atom is -0.384 e. The predicted octanol–water partition coefficient (Wildman–Crippen LogP) is 3.35. The van der Waals surface area contributed by atoms with Crippen LogP contribution in [0.25, 0.3) is 16.9 Å². The Morgan fingerprint density at radius 1 is 1.27 bits per heavy atom. The van der Waals surface area contributed by atoms with Crippen molar-refractivity contribution in [2.24, 2.45) is 0 Å². The lowest BCUT2D eigenvalue weighted by atomic mass is 10.0. The maximum absolute atomic E-state index is 8.96. The Kier molecular flexibility index (Phi) is 3.53. The smallest absolute Gasteiger partial charge is 0.127 e. The second-order valence-electron chi connectivity index (χ2n) is 4.84. The van der Waals surface area contributed by atoms with Gasteiger partial charge in [-0.3, -0.25) is 0 Å². The van der Waals surface area contributed by atoms with Crippen LogP contribution in [0.4, 0.5) is 5.82 Å². The number of nitrogen functional groups attached to an aromatic ring is 1. The van der Waals surface area contributed by atoms with Crippen LogP contribution >= 0.6 is 11.6 Å². The summed E-state index contributed by atoms with van der Waals surface area (Å²) in [5.41, 5.74) is 9.79. The highest BCUT2D eigenvalue weighted by Crippen LogP contribution is 2.31. The molecule has 3 aromatic rings. The van der Waals surface area contributed by atoms with Crippen molar-refractivity contribution in [2.45, 2.75) is 6.92 Å². The number of halogens is 1. The Hall–Kier alpha value is -2.84. The summed E-state index contributed by atoms with van der Waals surface area (Å²) in [6.45, 7) is 1.98. The molecule has 108 valence electrons. The van der Waals surface area contributed by atoms with Crippen LogP contribution in [0.5, 0.6) is 0 Å². The molecule has 0 radical (unpaired) electrons. The first-order valence-electron chi connectivity index (χ1n) is 6.55. The van der Waals surface area contributed by atoms with Crippen LogP contribution in [-0.2, 0) is 0 Å². The quantitative estimate of drug-likeness (QED) is 0.787. The molecule has 3 rings (SSSR count). The lowest BCUT2D eigenvalue weighted by Crippen LogP contribution is -1.99. The van der Waals surface area contributed by atoms with Gasteiger partial charge in [-0.25, -0.2) is 9.97 Å². The zero-order valence-electron chi connectivity index (χ0n) is 11.8. The Balaban J connectivity index is 2.20. The van der Waals surface area contributed by atoms with Crippen molar-refractivity contribution in [2.75, 3.05) is 5.73 Å². The predicted molar refractivity (Wildman–Crippen MR) is 85.7 cm³/mol. The number of benzene rings is 1. The summed E-state index contributed by atoms with van der Waals surface area (Å²) in [6, 6.07) is 9.27. The zero-order valence-corrected chi connectivity index (χ0v) is 12.5. The average Bonchev–Trinajstić information content (AvgIpc) is 2.98. The van der Waals surface area contributed by atoms with Crippen molar-refractivity contribution in [3.8, 4) is 23.0 Å². The largest absolute Gasteiger partial charge is 0.384 e. The molecule has 1 aromatic carbocycles. The van der Waals surface area contributed by atoms with E-state index in [0.29, 0.717) is 22.1 Å². The molecule has 22 heavy (non-hydrogen) atoms. The van der Waals surface area contributed by atoms with E-state index in [1.54, 1.807) is 18.3 Å². The number of anilines is 1. The van der Waals surface area contributed by atoms with E-state index < -0.39 is 0 Å². The van der Waals surface area contributed by atoms with Gasteiger partial charge in [0.25, 0.3) is 0 Å². The fraction of sp³-hybridized carbons (Fsp3) is 0.0625. The highest BCUT2D eigenvalue weighted by molar-refractivity contribution is 6.31. The Morgan fingerprint density at radius 3 is 2.77 bits per heavy atom. The van der Waals surface area contributed by atoms with E-state index in [0.717, 1.165) is 16.8 Å². The average molecular weight is 310 g/mol. The van der Waals surface area contributed by atoms with E-state index in [1.807, 2.05) is 29.8 Å². The highest BCUT2D eigenvalue weighted by atomic mass is 35.5. The number of nitriles is 1. The molecular formula is C16H12ClN5. The molecule has 0 fully saturated rings. The fourth-order valence-electron chi connectivity index (χ4n) is 2.33. The zero-order chi connectivity index (χ0) is 15.7. The van der Waals surface area contributed by atoms with Crippen LogP contribution in [0, 0.1) is 18.3 Å². The second kappa shape index (κ2) is 5.51. The third-order valence-corrected chi connectivity index (χ3v) is 3.63. The summed E-state index contributed by atoms with van der Waals surface area (Å²) in [4.78, 5) is 8.16. The van der Waals surface area contributed by atoms with Gasteiger partial charge < -0.3 is 10.3 Å². The molecule has 2 N–H and O–H groups in total. The van der Waals surface area contributed by atoms with Crippen LogP contribution in [0.1, 0.15) is 11.1 Å². The molecule has 0 amide bonds. The molecule has 0 spiro atoms. The molecule has 0 saturated heterocycles. The van der Waals surface area contributed by atoms with Gasteiger partial charge in [-0.05, 0) is 30.7 Å². The summed E-state index contributed by atoms with van der Waals surface area (Å²) in [5, 5.41) is 9.55. The first-order valence-corrected chi connectivity index (χ1v) is 6.93. The molecule has 0 bridgehead atoms. The van der Waals surface area contributed by atoms with Gasteiger partial charge in [-0.1, -0.05) is 11.6 Å². The fourth-order valence-corrected chi connectivity index (χ4v) is 2.54. The van der Waals surface area contributed by atoms with Crippen LogP contribution in [0.15, 0.2) is 43.0 Å². The Morgan fingerprint density at radius 2 is 2.09 bits per heavy atom. The molecule has 2 heterocycles. The van der Waals surface area contributed by atoms with E-state index in [2.05, 4.69) is 16.0 Å². The maximum Gasteiger partial charge on any atom is 0.127 e. The molecule has 2 aromatic heterocycles. The molecule has 0 saturated carbocycles. The van der Waals surface area contributed by atoms with Gasteiger partial charge in [0.2, 0.25) is 0 Å². The van der Waals surface area contributed by atoms with Crippen molar-refractivity contribution in [3.63, 3.8) is 0 Å². The summed E-state index contributed by atoms with van der Waals surface area (Å²) < 4.78 is 1.87. The van der Waals surface area contributed by atoms with E-state index in [9.17, 15) is 0 Å². The van der Waals surface area contributed by atoms with Crippen LogP contribution in [-0.4, -0.2) is 14.5 Å². The van der Waals surface area contributed by atoms with Gasteiger partial charge in [-0.15, -0.1) is 0 Å². The molecule has 5 nitrogen and oxygen atoms in total. The Bertz CT molecular complexity index is 892. The first kappa shape index (κ1) is 14.1. The number of nitrogens with zero attached hydrogens (tertiary/aromatic N) is 4. The first-order chi connectivity index (χ1) is 10.6. The third kappa shape index (κ3) is 2.52. The monoisotopic (exact) mass is 309 g/mol. The molecule has 0 unspecified atom stereocenters. The normalized spacial score (nSPS) is 10.4. The summed E-state index contributed by atoms with van der Waals surface area (Å²) in [7, 11) is 0.